The normalized spacial score (nSPS) is 20.3. The maximum absolute atomic E-state index is 12.4. The van der Waals surface area contributed by atoms with Gasteiger partial charge in [0, 0.05) is 45.1 Å². The number of piperazine rings is 1. The lowest BCUT2D eigenvalue weighted by molar-refractivity contribution is -0.132. The van der Waals surface area contributed by atoms with Crippen molar-refractivity contribution in [1.82, 2.24) is 9.80 Å². The molecule has 148 valence electrons. The molecule has 27 heavy (non-hydrogen) atoms. The van der Waals surface area contributed by atoms with Crippen LogP contribution in [0.4, 0.5) is 5.69 Å². The van der Waals surface area contributed by atoms with Crippen molar-refractivity contribution in [3.63, 3.8) is 0 Å². The Hall–Kier alpha value is -1.96. The highest BCUT2D eigenvalue weighted by atomic mass is 16.5. The van der Waals surface area contributed by atoms with Crippen molar-refractivity contribution in [2.45, 2.75) is 25.3 Å². The largest absolute Gasteiger partial charge is 0.381 e. The number of hydrogen-bond donors (Lipinski definition) is 2. The first-order valence-corrected chi connectivity index (χ1v) is 9.72. The van der Waals surface area contributed by atoms with Gasteiger partial charge in [-0.2, -0.15) is 0 Å². The topological polar surface area (TPSA) is 87.9 Å². The molecule has 1 unspecified atom stereocenters. The zero-order chi connectivity index (χ0) is 19.2. The van der Waals surface area contributed by atoms with E-state index in [0.717, 1.165) is 44.6 Å². The Morgan fingerprint density at radius 2 is 1.78 bits per heavy atom. The molecule has 3 N–H and O–H groups in total. The lowest BCUT2D eigenvalue weighted by Crippen LogP contribution is -2.47. The number of nitrogens with one attached hydrogen (secondary N) is 1. The van der Waals surface area contributed by atoms with E-state index < -0.39 is 6.04 Å². The molecule has 0 radical (unpaired) electrons. The highest BCUT2D eigenvalue weighted by Gasteiger charge is 2.26. The van der Waals surface area contributed by atoms with Crippen molar-refractivity contribution in [2.24, 2.45) is 11.7 Å². The molecule has 1 aromatic rings. The Bertz CT molecular complexity index is 635. The first-order chi connectivity index (χ1) is 13.0. The van der Waals surface area contributed by atoms with E-state index in [4.69, 9.17) is 10.5 Å². The molecule has 2 amide bonds. The number of carbonyl (C=O) groups is 2. The fourth-order valence-electron chi connectivity index (χ4n) is 3.56. The molecule has 0 aromatic heterocycles. The molecular weight excluding hydrogens is 344 g/mol. The summed E-state index contributed by atoms with van der Waals surface area (Å²) < 4.78 is 5.32. The minimum atomic E-state index is -0.521. The number of rotatable bonds is 5. The number of ether oxygens (including phenoxy) is 1. The first kappa shape index (κ1) is 19.8. The van der Waals surface area contributed by atoms with Crippen molar-refractivity contribution >= 4 is 17.5 Å². The summed E-state index contributed by atoms with van der Waals surface area (Å²) >= 11 is 0. The first-order valence-electron chi connectivity index (χ1n) is 9.72. The van der Waals surface area contributed by atoms with Gasteiger partial charge in [-0.1, -0.05) is 12.1 Å². The summed E-state index contributed by atoms with van der Waals surface area (Å²) in [5.74, 6) is 0.156. The van der Waals surface area contributed by atoms with Gasteiger partial charge in [-0.25, -0.2) is 0 Å². The van der Waals surface area contributed by atoms with Crippen molar-refractivity contribution < 1.29 is 14.3 Å². The third kappa shape index (κ3) is 5.51. The monoisotopic (exact) mass is 374 g/mol. The van der Waals surface area contributed by atoms with Crippen molar-refractivity contribution in [1.29, 1.82) is 0 Å². The van der Waals surface area contributed by atoms with E-state index in [2.05, 4.69) is 17.3 Å². The minimum Gasteiger partial charge on any atom is -0.381 e. The molecule has 1 atom stereocenters. The van der Waals surface area contributed by atoms with E-state index >= 15 is 0 Å². The van der Waals surface area contributed by atoms with E-state index in [1.807, 2.05) is 29.2 Å². The zero-order valence-corrected chi connectivity index (χ0v) is 16.0. The average Bonchev–Trinajstić information content (AvgIpc) is 2.70. The number of nitrogens with zero attached hydrogens (tertiary/aromatic N) is 2. The SMILES string of the molecule is CN1CCN(C(=O)Cc2ccc(NC(=O)C(N)C3CCOCC3)cc2)CC1. The van der Waals surface area contributed by atoms with E-state index in [1.165, 1.54) is 0 Å². The lowest BCUT2D eigenvalue weighted by Gasteiger charge is -2.32. The summed E-state index contributed by atoms with van der Waals surface area (Å²) in [7, 11) is 2.07. The van der Waals surface area contributed by atoms with Gasteiger partial charge in [0.15, 0.2) is 0 Å². The molecule has 7 nitrogen and oxygen atoms in total. The molecule has 2 aliphatic rings. The van der Waals surface area contributed by atoms with Crippen molar-refractivity contribution in [2.75, 3.05) is 51.8 Å². The van der Waals surface area contributed by atoms with Crippen LogP contribution < -0.4 is 11.1 Å². The number of anilines is 1. The maximum Gasteiger partial charge on any atom is 0.241 e. The number of likely N-dealkylation sites (N-methyl/N-ethyl adjacent to an activating group) is 1. The minimum absolute atomic E-state index is 0.154. The predicted molar refractivity (Wildman–Crippen MR) is 104 cm³/mol. The smallest absolute Gasteiger partial charge is 0.241 e. The Labute approximate surface area is 160 Å². The molecule has 7 heteroatoms. The van der Waals surface area contributed by atoms with Crippen LogP contribution in [0.3, 0.4) is 0 Å². The molecule has 2 saturated heterocycles. The van der Waals surface area contributed by atoms with Gasteiger partial charge in [0.1, 0.15) is 0 Å². The molecule has 2 fully saturated rings. The number of amides is 2. The number of hydrogen-bond acceptors (Lipinski definition) is 5. The zero-order valence-electron chi connectivity index (χ0n) is 16.0. The second-order valence-electron chi connectivity index (χ2n) is 7.52. The van der Waals surface area contributed by atoms with Gasteiger partial charge in [0.2, 0.25) is 11.8 Å². The summed E-state index contributed by atoms with van der Waals surface area (Å²) in [5.41, 5.74) is 7.76. The number of carbonyl (C=O) groups excluding carboxylic acids is 2. The molecule has 0 saturated carbocycles. The van der Waals surface area contributed by atoms with Crippen LogP contribution in [0.5, 0.6) is 0 Å². The summed E-state index contributed by atoms with van der Waals surface area (Å²) in [6.45, 7) is 4.75. The van der Waals surface area contributed by atoms with Crippen LogP contribution in [0.25, 0.3) is 0 Å². The van der Waals surface area contributed by atoms with Gasteiger partial charge in [-0.15, -0.1) is 0 Å². The lowest BCUT2D eigenvalue weighted by atomic mass is 9.92. The fourth-order valence-corrected chi connectivity index (χ4v) is 3.56. The van der Waals surface area contributed by atoms with Crippen LogP contribution in [0.2, 0.25) is 0 Å². The second-order valence-corrected chi connectivity index (χ2v) is 7.52. The van der Waals surface area contributed by atoms with E-state index in [0.29, 0.717) is 25.3 Å². The Balaban J connectivity index is 1.49. The summed E-state index contributed by atoms with van der Waals surface area (Å²) in [6.07, 6.45) is 2.03. The van der Waals surface area contributed by atoms with Gasteiger partial charge in [0.05, 0.1) is 12.5 Å². The third-order valence-corrected chi connectivity index (χ3v) is 5.51. The third-order valence-electron chi connectivity index (χ3n) is 5.51. The van der Waals surface area contributed by atoms with Gasteiger partial charge >= 0.3 is 0 Å². The van der Waals surface area contributed by atoms with Gasteiger partial charge in [-0.05, 0) is 43.5 Å². The summed E-state index contributed by atoms with van der Waals surface area (Å²) in [6, 6.07) is 6.93. The average molecular weight is 374 g/mol. The Morgan fingerprint density at radius 3 is 2.41 bits per heavy atom. The molecule has 0 spiro atoms. The molecule has 2 heterocycles. The van der Waals surface area contributed by atoms with Gasteiger partial charge in [0.25, 0.3) is 0 Å². The Morgan fingerprint density at radius 1 is 1.15 bits per heavy atom. The molecule has 2 aliphatic heterocycles. The molecular formula is C20H30N4O3. The predicted octanol–water partition coefficient (Wildman–Crippen LogP) is 0.696. The van der Waals surface area contributed by atoms with Gasteiger partial charge in [-0.3, -0.25) is 9.59 Å². The standard InChI is InChI=1S/C20H30N4O3/c1-23-8-10-24(11-9-23)18(25)14-15-2-4-17(5-3-15)22-20(26)19(21)16-6-12-27-13-7-16/h2-5,16,19H,6-14,21H2,1H3,(H,22,26). The van der Waals surface area contributed by atoms with Crippen LogP contribution in [0.15, 0.2) is 24.3 Å². The van der Waals surface area contributed by atoms with Crippen LogP contribution in [-0.4, -0.2) is 74.1 Å². The molecule has 0 aliphatic carbocycles. The highest BCUT2D eigenvalue weighted by molar-refractivity contribution is 5.95. The van der Waals surface area contributed by atoms with Crippen LogP contribution in [-0.2, 0) is 20.7 Å². The van der Waals surface area contributed by atoms with Crippen molar-refractivity contribution in [3.8, 4) is 0 Å². The fraction of sp³-hybridized carbons (Fsp3) is 0.600. The quantitative estimate of drug-likeness (QED) is 0.792. The molecule has 3 rings (SSSR count). The number of benzene rings is 1. The molecule has 0 bridgehead atoms. The van der Waals surface area contributed by atoms with Crippen LogP contribution in [0.1, 0.15) is 18.4 Å². The maximum atomic E-state index is 12.4. The van der Waals surface area contributed by atoms with E-state index in [-0.39, 0.29) is 17.7 Å². The van der Waals surface area contributed by atoms with Gasteiger partial charge < -0.3 is 25.6 Å². The molecule has 1 aromatic carbocycles. The van der Waals surface area contributed by atoms with Crippen LogP contribution >= 0.6 is 0 Å². The van der Waals surface area contributed by atoms with E-state index in [1.54, 1.807) is 0 Å². The highest BCUT2D eigenvalue weighted by Crippen LogP contribution is 2.19. The summed E-state index contributed by atoms with van der Waals surface area (Å²) in [4.78, 5) is 28.9. The Kier molecular flexibility index (Phi) is 6.82. The number of nitrogens with two attached hydrogens (primary N) is 1. The van der Waals surface area contributed by atoms with E-state index in [9.17, 15) is 9.59 Å². The van der Waals surface area contributed by atoms with Crippen molar-refractivity contribution in [3.05, 3.63) is 29.8 Å². The van der Waals surface area contributed by atoms with Crippen LogP contribution in [0, 0.1) is 5.92 Å². The summed E-state index contributed by atoms with van der Waals surface area (Å²) in [5, 5.41) is 2.88. The second kappa shape index (κ2) is 9.30.